The van der Waals surface area contributed by atoms with Gasteiger partial charge >= 0.3 is 11.9 Å². The highest BCUT2D eigenvalue weighted by molar-refractivity contribution is 5.85. The van der Waals surface area contributed by atoms with Crippen LogP contribution < -0.4 is 4.74 Å². The van der Waals surface area contributed by atoms with Gasteiger partial charge < -0.3 is 19.3 Å². The number of hydrogen-bond acceptors (Lipinski definition) is 4. The average molecular weight is 294 g/mol. The van der Waals surface area contributed by atoms with E-state index in [1.807, 2.05) is 32.0 Å². The van der Waals surface area contributed by atoms with E-state index >= 15 is 0 Å². The smallest absolute Gasteiger partial charge is 0.330 e. The molecule has 0 aliphatic heterocycles. The number of para-hydroxylation sites is 1. The number of carbonyl (C=O) groups is 1. The Hall–Kier alpha value is -1.85. The molecule has 0 amide bonds. The van der Waals surface area contributed by atoms with Crippen LogP contribution in [0.25, 0.3) is 0 Å². The topological polar surface area (TPSA) is 65.0 Å². The number of carboxylic acids is 1. The maximum atomic E-state index is 10.9. The van der Waals surface area contributed by atoms with Crippen LogP contribution in [0, 0.1) is 0 Å². The third-order valence-corrected chi connectivity index (χ3v) is 2.74. The molecule has 1 rings (SSSR count). The molecule has 0 aliphatic carbocycles. The molecule has 5 heteroatoms. The molecule has 0 heterocycles. The van der Waals surface area contributed by atoms with Crippen molar-refractivity contribution in [2.24, 2.45) is 0 Å². The van der Waals surface area contributed by atoms with E-state index in [-0.39, 0.29) is 12.0 Å². The summed E-state index contributed by atoms with van der Waals surface area (Å²) in [7, 11) is 0. The van der Waals surface area contributed by atoms with Crippen molar-refractivity contribution in [3.8, 4) is 5.75 Å². The lowest BCUT2D eigenvalue weighted by Gasteiger charge is -2.32. The van der Waals surface area contributed by atoms with Crippen molar-refractivity contribution in [1.29, 1.82) is 0 Å². The molecule has 0 bridgehead atoms. The highest BCUT2D eigenvalue weighted by atomic mass is 16.9. The van der Waals surface area contributed by atoms with E-state index < -0.39 is 11.9 Å². The standard InChI is InChI=1S/C16H22O5/c1-4-19-16(20-5-2,12-11-13(3)15(17)18)21-14-9-7-6-8-10-14/h6-11H,4-5,12H2,1-3H3,(H,17,18). The van der Waals surface area contributed by atoms with Gasteiger partial charge in [-0.15, -0.1) is 0 Å². The first-order chi connectivity index (χ1) is 10.0. The van der Waals surface area contributed by atoms with E-state index in [4.69, 9.17) is 19.3 Å². The monoisotopic (exact) mass is 294 g/mol. The molecule has 0 aliphatic rings. The molecule has 0 aromatic heterocycles. The van der Waals surface area contributed by atoms with Gasteiger partial charge in [0.15, 0.2) is 0 Å². The minimum Gasteiger partial charge on any atom is -0.478 e. The predicted molar refractivity (Wildman–Crippen MR) is 79.1 cm³/mol. The summed E-state index contributed by atoms with van der Waals surface area (Å²) in [4.78, 5) is 10.9. The van der Waals surface area contributed by atoms with Crippen molar-refractivity contribution in [3.05, 3.63) is 42.0 Å². The van der Waals surface area contributed by atoms with Crippen LogP contribution in [0.2, 0.25) is 0 Å². The lowest BCUT2D eigenvalue weighted by Crippen LogP contribution is -2.42. The minimum absolute atomic E-state index is 0.182. The Labute approximate surface area is 125 Å². The van der Waals surface area contributed by atoms with Gasteiger partial charge in [-0.3, -0.25) is 0 Å². The summed E-state index contributed by atoms with van der Waals surface area (Å²) in [6.45, 7) is 5.94. The van der Waals surface area contributed by atoms with E-state index in [9.17, 15) is 4.79 Å². The molecule has 0 spiro atoms. The van der Waals surface area contributed by atoms with Crippen LogP contribution in [-0.2, 0) is 14.3 Å². The third kappa shape index (κ3) is 5.57. The fourth-order valence-electron chi connectivity index (χ4n) is 1.73. The maximum Gasteiger partial charge on any atom is 0.330 e. The molecule has 0 unspecified atom stereocenters. The summed E-state index contributed by atoms with van der Waals surface area (Å²) < 4.78 is 17.1. The molecule has 1 aromatic rings. The molecular formula is C16H22O5. The number of benzene rings is 1. The molecular weight excluding hydrogens is 272 g/mol. The first-order valence-corrected chi connectivity index (χ1v) is 6.95. The zero-order valence-corrected chi connectivity index (χ0v) is 12.7. The Morgan fingerprint density at radius 1 is 1.19 bits per heavy atom. The summed E-state index contributed by atoms with van der Waals surface area (Å²) in [5, 5.41) is 8.94. The fraction of sp³-hybridized carbons (Fsp3) is 0.438. The van der Waals surface area contributed by atoms with Crippen molar-refractivity contribution in [2.75, 3.05) is 13.2 Å². The highest BCUT2D eigenvalue weighted by Gasteiger charge is 2.33. The van der Waals surface area contributed by atoms with Gasteiger partial charge in [0.05, 0.1) is 19.6 Å². The second-order valence-electron chi connectivity index (χ2n) is 4.36. The van der Waals surface area contributed by atoms with Crippen LogP contribution >= 0.6 is 0 Å². The van der Waals surface area contributed by atoms with E-state index in [1.165, 1.54) is 13.0 Å². The molecule has 116 valence electrons. The Kier molecular flexibility index (Phi) is 6.91. The normalized spacial score (nSPS) is 12.2. The second-order valence-corrected chi connectivity index (χ2v) is 4.36. The Bertz CT molecular complexity index is 461. The van der Waals surface area contributed by atoms with E-state index in [0.29, 0.717) is 19.0 Å². The number of aliphatic carboxylic acids is 1. The van der Waals surface area contributed by atoms with Crippen molar-refractivity contribution in [2.45, 2.75) is 33.2 Å². The Morgan fingerprint density at radius 2 is 1.76 bits per heavy atom. The lowest BCUT2D eigenvalue weighted by atomic mass is 10.2. The first kappa shape index (κ1) is 17.2. The molecule has 5 nitrogen and oxygen atoms in total. The summed E-state index contributed by atoms with van der Waals surface area (Å²) in [6.07, 6.45) is 1.72. The van der Waals surface area contributed by atoms with Gasteiger partial charge in [0.1, 0.15) is 5.75 Å². The lowest BCUT2D eigenvalue weighted by molar-refractivity contribution is -0.338. The van der Waals surface area contributed by atoms with Crippen LogP contribution in [0.5, 0.6) is 5.75 Å². The molecule has 0 fully saturated rings. The van der Waals surface area contributed by atoms with Crippen LogP contribution in [0.3, 0.4) is 0 Å². The van der Waals surface area contributed by atoms with Crippen LogP contribution in [0.4, 0.5) is 0 Å². The molecule has 0 atom stereocenters. The summed E-state index contributed by atoms with van der Waals surface area (Å²) in [5.41, 5.74) is 0.218. The Balaban J connectivity index is 2.97. The number of rotatable bonds is 9. The average Bonchev–Trinajstić information content (AvgIpc) is 2.46. The van der Waals surface area contributed by atoms with Crippen LogP contribution in [-0.4, -0.2) is 30.3 Å². The fourth-order valence-corrected chi connectivity index (χ4v) is 1.73. The first-order valence-electron chi connectivity index (χ1n) is 6.95. The van der Waals surface area contributed by atoms with Crippen LogP contribution in [0.15, 0.2) is 42.0 Å². The molecule has 1 N–H and O–H groups in total. The molecule has 0 saturated carbocycles. The zero-order chi connectivity index (χ0) is 15.7. The van der Waals surface area contributed by atoms with Crippen molar-refractivity contribution >= 4 is 5.97 Å². The zero-order valence-electron chi connectivity index (χ0n) is 12.7. The van der Waals surface area contributed by atoms with Crippen LogP contribution in [0.1, 0.15) is 27.2 Å². The van der Waals surface area contributed by atoms with Gasteiger partial charge in [0.2, 0.25) is 0 Å². The second kappa shape index (κ2) is 8.44. The third-order valence-electron chi connectivity index (χ3n) is 2.74. The largest absolute Gasteiger partial charge is 0.478 e. The van der Waals surface area contributed by atoms with Crippen molar-refractivity contribution < 1.29 is 24.1 Å². The number of hydrogen-bond donors (Lipinski definition) is 1. The van der Waals surface area contributed by atoms with Gasteiger partial charge in [0, 0.05) is 5.57 Å². The number of ether oxygens (including phenoxy) is 3. The number of carboxylic acid groups (broad SMARTS) is 1. The van der Waals surface area contributed by atoms with Gasteiger partial charge in [0.25, 0.3) is 0 Å². The molecule has 1 aromatic carbocycles. The highest BCUT2D eigenvalue weighted by Crippen LogP contribution is 2.25. The summed E-state index contributed by atoms with van der Waals surface area (Å²) in [5.74, 6) is -1.70. The van der Waals surface area contributed by atoms with Gasteiger partial charge in [-0.25, -0.2) is 4.79 Å². The summed E-state index contributed by atoms with van der Waals surface area (Å²) in [6, 6.07) is 9.15. The molecule has 21 heavy (non-hydrogen) atoms. The predicted octanol–water partition coefficient (Wildman–Crippen LogP) is 3.21. The summed E-state index contributed by atoms with van der Waals surface area (Å²) >= 11 is 0. The maximum absolute atomic E-state index is 10.9. The molecule has 0 saturated heterocycles. The van der Waals surface area contributed by atoms with E-state index in [1.54, 1.807) is 12.1 Å². The van der Waals surface area contributed by atoms with Crippen molar-refractivity contribution in [1.82, 2.24) is 0 Å². The van der Waals surface area contributed by atoms with Crippen molar-refractivity contribution in [3.63, 3.8) is 0 Å². The quantitative estimate of drug-likeness (QED) is 0.559. The van der Waals surface area contributed by atoms with Gasteiger partial charge in [-0.05, 0) is 32.9 Å². The van der Waals surface area contributed by atoms with E-state index in [2.05, 4.69) is 0 Å². The minimum atomic E-state index is -1.32. The van der Waals surface area contributed by atoms with Gasteiger partial charge in [-0.2, -0.15) is 0 Å². The Morgan fingerprint density at radius 3 is 2.24 bits per heavy atom. The SMILES string of the molecule is CCOC(CC=C(C)C(=O)O)(OCC)Oc1ccccc1. The van der Waals surface area contributed by atoms with Gasteiger partial charge in [-0.1, -0.05) is 24.3 Å². The molecule has 0 radical (unpaired) electrons. The van der Waals surface area contributed by atoms with E-state index in [0.717, 1.165) is 0 Å².